The molecule has 0 fully saturated rings. The number of fused-ring (bicyclic) bond motifs is 6. The lowest BCUT2D eigenvalue weighted by Gasteiger charge is -2.11. The molecule has 0 amide bonds. The number of hydrogen-bond donors (Lipinski definition) is 0. The van der Waals surface area contributed by atoms with Crippen LogP contribution in [-0.4, -0.2) is 9.13 Å². The molecule has 0 aliphatic carbocycles. The second-order valence-electron chi connectivity index (χ2n) is 14.1. The molecule has 2 nitrogen and oxygen atoms in total. The minimum absolute atomic E-state index is 0.207. The van der Waals surface area contributed by atoms with Gasteiger partial charge in [0.2, 0.25) is 0 Å². The Balaban J connectivity index is 0.995. The van der Waals surface area contributed by atoms with Crippen molar-refractivity contribution in [2.45, 2.75) is 0 Å². The van der Waals surface area contributed by atoms with Crippen LogP contribution in [0.5, 0.6) is 0 Å². The molecular formula is C60H40N2. The van der Waals surface area contributed by atoms with Crippen LogP contribution in [0.1, 0.15) is 35.6 Å². The van der Waals surface area contributed by atoms with Crippen LogP contribution in [0.3, 0.4) is 0 Å². The van der Waals surface area contributed by atoms with Crippen molar-refractivity contribution in [3.05, 3.63) is 242 Å². The maximum atomic E-state index is 9.70. The summed E-state index contributed by atoms with van der Waals surface area (Å²) in [4.78, 5) is 0. The number of nitrogens with zero attached hydrogens (tertiary/aromatic N) is 2. The predicted molar refractivity (Wildman–Crippen MR) is 262 cm³/mol. The van der Waals surface area contributed by atoms with Gasteiger partial charge in [-0.15, -0.1) is 0 Å². The summed E-state index contributed by atoms with van der Waals surface area (Å²) in [7, 11) is 0. The van der Waals surface area contributed by atoms with Gasteiger partial charge in [0, 0.05) is 32.9 Å². The molecule has 2 heteroatoms. The smallest absolute Gasteiger partial charge is 0.0651 e. The van der Waals surface area contributed by atoms with Crippen molar-refractivity contribution in [2.24, 2.45) is 0 Å². The third-order valence-corrected chi connectivity index (χ3v) is 10.6. The molecule has 12 rings (SSSR count). The molecular weight excluding hydrogens is 749 g/mol. The highest BCUT2D eigenvalue weighted by atomic mass is 15.0. The van der Waals surface area contributed by atoms with Crippen LogP contribution in [0.4, 0.5) is 0 Å². The van der Waals surface area contributed by atoms with Crippen LogP contribution in [-0.2, 0) is 0 Å². The number of para-hydroxylation sites is 2. The molecule has 10 aromatic carbocycles. The molecule has 0 atom stereocenters. The summed E-state index contributed by atoms with van der Waals surface area (Å²) in [6.45, 7) is 0. The van der Waals surface area contributed by atoms with Gasteiger partial charge in [-0.1, -0.05) is 181 Å². The third kappa shape index (κ3) is 6.12. The molecule has 0 spiro atoms. The molecule has 12 aromatic rings. The van der Waals surface area contributed by atoms with Gasteiger partial charge in [0.25, 0.3) is 0 Å². The zero-order valence-electron chi connectivity index (χ0n) is 58.0. The Hall–Kier alpha value is -8.20. The van der Waals surface area contributed by atoms with Crippen LogP contribution in [0.25, 0.3) is 111 Å². The maximum Gasteiger partial charge on any atom is 0.0651 e. The van der Waals surface area contributed by atoms with Crippen LogP contribution < -0.4 is 0 Å². The largest absolute Gasteiger partial charge is 0.309 e. The second kappa shape index (κ2) is 14.8. The van der Waals surface area contributed by atoms with Crippen molar-refractivity contribution in [3.63, 3.8) is 0 Å². The van der Waals surface area contributed by atoms with Crippen molar-refractivity contribution in [1.29, 1.82) is 0 Å². The molecule has 0 saturated heterocycles. The molecule has 290 valence electrons. The lowest BCUT2D eigenvalue weighted by Crippen LogP contribution is -1.94. The fourth-order valence-corrected chi connectivity index (χ4v) is 7.78. The first-order valence-electron chi connectivity index (χ1n) is 32.2. The first-order chi connectivity index (χ1) is 41.6. The average molecular weight is 815 g/mol. The fraction of sp³-hybridized carbons (Fsp3) is 0. The Morgan fingerprint density at radius 3 is 1.11 bits per heavy atom. The first-order valence-corrected chi connectivity index (χ1v) is 19.2. The molecule has 0 N–H and O–H groups in total. The topological polar surface area (TPSA) is 9.86 Å². The van der Waals surface area contributed by atoms with Gasteiger partial charge in [-0.2, -0.15) is 0 Å². The van der Waals surface area contributed by atoms with Gasteiger partial charge in [-0.25, -0.2) is 0 Å². The number of aromatic nitrogens is 2. The molecule has 0 bridgehead atoms. The number of hydrogen-bond acceptors (Lipinski definition) is 0. The Kier molecular flexibility index (Phi) is 4.35. The molecule has 62 heavy (non-hydrogen) atoms. The summed E-state index contributed by atoms with van der Waals surface area (Å²) in [6.07, 6.45) is 0. The van der Waals surface area contributed by atoms with Gasteiger partial charge in [-0.3, -0.25) is 0 Å². The van der Waals surface area contributed by atoms with Gasteiger partial charge in [0.1, 0.15) is 0 Å². The summed E-state index contributed by atoms with van der Waals surface area (Å²) in [5.74, 6) is 0. The van der Waals surface area contributed by atoms with Crippen molar-refractivity contribution in [3.8, 4) is 67.0 Å². The van der Waals surface area contributed by atoms with E-state index >= 15 is 0 Å². The van der Waals surface area contributed by atoms with Crippen LogP contribution in [0, 0.1) is 0 Å². The quantitative estimate of drug-likeness (QED) is 0.152. The highest BCUT2D eigenvalue weighted by Crippen LogP contribution is 2.39. The van der Waals surface area contributed by atoms with Gasteiger partial charge < -0.3 is 9.13 Å². The predicted octanol–water partition coefficient (Wildman–Crippen LogP) is 16.2. The van der Waals surface area contributed by atoms with Gasteiger partial charge in [0.15, 0.2) is 0 Å². The summed E-state index contributed by atoms with van der Waals surface area (Å²) < 4.78 is 233. The molecule has 2 heterocycles. The molecule has 2 aromatic heterocycles. The summed E-state index contributed by atoms with van der Waals surface area (Å²) in [6, 6.07) is 5.35. The van der Waals surface area contributed by atoms with Crippen LogP contribution in [0.2, 0.25) is 0 Å². The van der Waals surface area contributed by atoms with E-state index < -0.39 is 202 Å². The van der Waals surface area contributed by atoms with Crippen LogP contribution >= 0.6 is 0 Å². The lowest BCUT2D eigenvalue weighted by molar-refractivity contribution is 1.18. The lowest BCUT2D eigenvalue weighted by atomic mass is 10.00. The standard InChI is InChI=1S/C60H40N2/c1-3-12-41(13-4-1)43-22-24-45(25-23-43)46-30-34-51(35-31-46)61-57-20-9-7-18-53(57)55-39-49(32-36-59(55)61)50-33-37-60-56(40-50)54-19-8-10-21-58(54)62(60)52-17-11-16-48(38-52)47-28-26-44(27-29-47)42-14-5-2-6-15-42/h1-40H/i1D,2D,3D,4D,5D,6D,11D,12D,13D,14D,15D,16D,17D,22D,23D,24D,25D,26D,27D,28D,29D,30D,31D,34D,35D,38D. The second-order valence-corrected chi connectivity index (χ2v) is 14.1. The zero-order valence-corrected chi connectivity index (χ0v) is 32.0. The highest BCUT2D eigenvalue weighted by Gasteiger charge is 2.17. The highest BCUT2D eigenvalue weighted by molar-refractivity contribution is 6.12. The summed E-state index contributed by atoms with van der Waals surface area (Å²) in [5, 5.41) is 2.46. The van der Waals surface area contributed by atoms with Crippen molar-refractivity contribution < 1.29 is 35.6 Å². The monoisotopic (exact) mass is 814 g/mol. The molecule has 0 unspecified atom stereocenters. The number of benzene rings is 10. The van der Waals surface area contributed by atoms with E-state index in [1.54, 1.807) is 75.9 Å². The van der Waals surface area contributed by atoms with E-state index in [4.69, 9.17) is 27.4 Å². The Labute approximate surface area is 397 Å². The summed E-state index contributed by atoms with van der Waals surface area (Å²) >= 11 is 0. The van der Waals surface area contributed by atoms with Crippen molar-refractivity contribution in [1.82, 2.24) is 9.13 Å². The van der Waals surface area contributed by atoms with Crippen molar-refractivity contribution >= 4 is 43.6 Å². The Bertz CT molecular complexity index is 5030. The molecule has 0 saturated carbocycles. The molecule has 0 aliphatic heterocycles. The minimum atomic E-state index is -0.832. The maximum absolute atomic E-state index is 9.70. The van der Waals surface area contributed by atoms with E-state index in [0.717, 1.165) is 0 Å². The van der Waals surface area contributed by atoms with E-state index in [1.165, 1.54) is 0 Å². The van der Waals surface area contributed by atoms with E-state index in [9.17, 15) is 8.22 Å². The molecule has 0 radical (unpaired) electrons. The third-order valence-electron chi connectivity index (χ3n) is 10.6. The van der Waals surface area contributed by atoms with Gasteiger partial charge >= 0.3 is 0 Å². The van der Waals surface area contributed by atoms with E-state index in [0.29, 0.717) is 54.7 Å². The zero-order chi connectivity index (χ0) is 63.6. The van der Waals surface area contributed by atoms with Gasteiger partial charge in [0.05, 0.1) is 57.7 Å². The molecule has 0 aliphatic rings. The van der Waals surface area contributed by atoms with E-state index in [1.807, 2.05) is 18.2 Å². The SMILES string of the molecule is [2H]c1c([2H])c([2H])c(-c2c([2H])c([2H])c(-c3c([2H])c([2H])c(-n4c5ccccc5c5cc(-c6ccc7c(c6)c6ccccc6n7-c6c([2H])c([2H])c([2H])c(-c7c([2H])c([2H])c(-c8c([2H])c([2H])c([2H])c([2H])c8[2H])c([2H])c7[2H])c6[2H])ccc54)c([2H])c3[2H])c([2H])c2[2H])c([2H])c1[2H]. The first kappa shape index (κ1) is 18.2. The van der Waals surface area contributed by atoms with E-state index in [-0.39, 0.29) is 11.4 Å². The average Bonchev–Trinajstić information content (AvgIpc) is 1.51. The Morgan fingerprint density at radius 2 is 0.629 bits per heavy atom. The van der Waals surface area contributed by atoms with Gasteiger partial charge in [-0.05, 0) is 116 Å². The minimum Gasteiger partial charge on any atom is -0.309 e. The Morgan fingerprint density at radius 1 is 0.258 bits per heavy atom. The van der Waals surface area contributed by atoms with E-state index in [2.05, 4.69) is 0 Å². The van der Waals surface area contributed by atoms with Crippen molar-refractivity contribution in [2.75, 3.05) is 0 Å². The normalized spacial score (nSPS) is 17.4. The number of rotatable bonds is 7. The summed E-state index contributed by atoms with van der Waals surface area (Å²) in [5.41, 5.74) is -1.98. The van der Waals surface area contributed by atoms with Crippen LogP contribution in [0.15, 0.2) is 242 Å². The fourth-order valence-electron chi connectivity index (χ4n) is 7.78.